The first kappa shape index (κ1) is 52.6. The lowest BCUT2D eigenvalue weighted by atomic mass is 9.79. The molecule has 0 aliphatic carbocycles. The van der Waals surface area contributed by atoms with Crippen molar-refractivity contribution in [1.82, 2.24) is 9.55 Å². The number of aromatic hydroxyl groups is 1. The van der Waals surface area contributed by atoms with Crippen molar-refractivity contribution in [2.75, 3.05) is 0 Å². The lowest BCUT2D eigenvalue weighted by Crippen LogP contribution is -2.31. The minimum Gasteiger partial charge on any atom is -0.507 e. The van der Waals surface area contributed by atoms with E-state index in [2.05, 4.69) is 294 Å². The van der Waals surface area contributed by atoms with E-state index in [1.165, 1.54) is 39.1 Å². The van der Waals surface area contributed by atoms with Gasteiger partial charge in [-0.1, -0.05) is 230 Å². The van der Waals surface area contributed by atoms with E-state index in [1.54, 1.807) is 0 Å². The zero-order chi connectivity index (χ0) is 54.7. The van der Waals surface area contributed by atoms with E-state index in [-0.39, 0.29) is 22.0 Å². The van der Waals surface area contributed by atoms with Crippen molar-refractivity contribution >= 4 is 11.0 Å². The second kappa shape index (κ2) is 20.3. The second-order valence-electron chi connectivity index (χ2n) is 25.0. The van der Waals surface area contributed by atoms with Gasteiger partial charge in [-0.2, -0.15) is 0 Å². The molecule has 1 N–H and O–H groups in total. The van der Waals surface area contributed by atoms with E-state index in [0.29, 0.717) is 23.2 Å². The Kier molecular flexibility index (Phi) is 13.9. The molecular weight excluding hydrogens is 935 g/mol. The summed E-state index contributed by atoms with van der Waals surface area (Å²) >= 11 is 0. The molecule has 4 nitrogen and oxygen atoms in total. The summed E-state index contributed by atoms with van der Waals surface area (Å²) in [5.74, 6) is 1.56. The molecule has 8 aromatic carbocycles. The van der Waals surface area contributed by atoms with Gasteiger partial charge in [0.25, 0.3) is 0 Å². The quantitative estimate of drug-likeness (QED) is 0.139. The van der Waals surface area contributed by atoms with Crippen LogP contribution in [0.5, 0.6) is 5.75 Å². The third-order valence-electron chi connectivity index (χ3n) is 15.5. The number of phenolic OH excluding ortho intramolecular Hbond substituents is 1. The molecule has 4 heteroatoms. The highest BCUT2D eigenvalue weighted by Gasteiger charge is 2.31. The van der Waals surface area contributed by atoms with Gasteiger partial charge in [-0.05, 0) is 125 Å². The number of aromatic nitrogens is 3. The van der Waals surface area contributed by atoms with Gasteiger partial charge < -0.3 is 5.11 Å². The van der Waals surface area contributed by atoms with Crippen LogP contribution in [0.1, 0.15) is 130 Å². The molecule has 10 aromatic rings. The van der Waals surface area contributed by atoms with Crippen LogP contribution in [-0.4, -0.2) is 14.7 Å². The van der Waals surface area contributed by atoms with Crippen LogP contribution in [0.4, 0.5) is 0 Å². The maximum Gasteiger partial charge on any atom is 0.213 e. The topological polar surface area (TPSA) is 41.9 Å². The molecule has 0 aliphatic rings. The van der Waals surface area contributed by atoms with Gasteiger partial charge in [-0.25, -0.2) is 9.55 Å². The average molecular weight is 1010 g/mol. The summed E-state index contributed by atoms with van der Waals surface area (Å²) in [4.78, 5) is 5.80. The number of rotatable bonds is 10. The Hall–Kier alpha value is -7.82. The van der Waals surface area contributed by atoms with E-state index in [1.807, 2.05) is 0 Å². The van der Waals surface area contributed by atoms with Crippen LogP contribution in [0.3, 0.4) is 0 Å². The molecule has 0 atom stereocenters. The normalized spacial score (nSPS) is 12.3. The summed E-state index contributed by atoms with van der Waals surface area (Å²) in [7, 11) is 2.18. The third kappa shape index (κ3) is 10.3. The van der Waals surface area contributed by atoms with Crippen LogP contribution >= 0.6 is 0 Å². The Labute approximate surface area is 458 Å². The minimum atomic E-state index is -0.342. The van der Waals surface area contributed by atoms with Crippen molar-refractivity contribution in [2.24, 2.45) is 7.05 Å². The predicted molar refractivity (Wildman–Crippen MR) is 326 cm³/mol. The van der Waals surface area contributed by atoms with Gasteiger partial charge in [0.2, 0.25) is 5.69 Å². The molecule has 0 saturated heterocycles. The first-order valence-electron chi connectivity index (χ1n) is 27.6. The Morgan fingerprint density at radius 3 is 1.55 bits per heavy atom. The van der Waals surface area contributed by atoms with Crippen molar-refractivity contribution in [1.29, 1.82) is 0 Å². The van der Waals surface area contributed by atoms with Gasteiger partial charge in [-0.3, -0.25) is 4.57 Å². The van der Waals surface area contributed by atoms with Crippen LogP contribution in [-0.2, 0) is 23.3 Å². The molecule has 2 aromatic heterocycles. The molecule has 10 rings (SSSR count). The van der Waals surface area contributed by atoms with E-state index in [9.17, 15) is 5.11 Å². The van der Waals surface area contributed by atoms with E-state index in [0.717, 1.165) is 72.4 Å². The maximum atomic E-state index is 12.7. The highest BCUT2D eigenvalue weighted by Crippen LogP contribution is 2.47. The smallest absolute Gasteiger partial charge is 0.213 e. The van der Waals surface area contributed by atoms with Gasteiger partial charge in [0, 0.05) is 28.8 Å². The first-order valence-corrected chi connectivity index (χ1v) is 27.6. The summed E-state index contributed by atoms with van der Waals surface area (Å²) in [5.41, 5.74) is 22.7. The number of pyridine rings is 1. The molecule has 0 spiro atoms. The number of para-hydroxylation sites is 1. The molecule has 0 unspecified atom stereocenters. The lowest BCUT2D eigenvalue weighted by Gasteiger charge is -2.27. The third-order valence-corrected chi connectivity index (χ3v) is 15.5. The largest absolute Gasteiger partial charge is 0.507 e. The first-order chi connectivity index (χ1) is 36.6. The summed E-state index contributed by atoms with van der Waals surface area (Å²) in [6.07, 6.45) is 2.24. The maximum absolute atomic E-state index is 12.7. The Morgan fingerprint density at radius 2 is 0.974 bits per heavy atom. The van der Waals surface area contributed by atoms with E-state index in [4.69, 9.17) is 4.98 Å². The SMILES string of the molecule is CC(C)c1cc(-c2ccccc2)cc(C(C)C)c1-c1cc(-c2cc(-c3cccc4c3nc(-c3cc(C(C)(C)C)cc(C(C)(C)C)c3O)n4-c3ccc(-c4ccccc4)cc3-c3ccccc3)cc(C(C)(C)C)c2)cc[n+]1C. The lowest BCUT2D eigenvalue weighted by molar-refractivity contribution is -0.660. The van der Waals surface area contributed by atoms with Crippen molar-refractivity contribution in [3.63, 3.8) is 0 Å². The van der Waals surface area contributed by atoms with E-state index < -0.39 is 0 Å². The molecular formula is C73H76N3O+. The number of benzene rings is 8. The average Bonchev–Trinajstić information content (AvgIpc) is 3.97. The van der Waals surface area contributed by atoms with Crippen molar-refractivity contribution in [3.8, 4) is 89.7 Å². The van der Waals surface area contributed by atoms with Crippen molar-refractivity contribution in [2.45, 2.75) is 118 Å². The highest BCUT2D eigenvalue weighted by molar-refractivity contribution is 5.98. The fraction of sp³-hybridized carbons (Fsp3) is 0.260. The van der Waals surface area contributed by atoms with Crippen molar-refractivity contribution in [3.05, 3.63) is 216 Å². The van der Waals surface area contributed by atoms with Crippen molar-refractivity contribution < 1.29 is 9.67 Å². The molecule has 0 bridgehead atoms. The molecule has 0 saturated carbocycles. The second-order valence-corrected chi connectivity index (χ2v) is 25.0. The number of hydrogen-bond acceptors (Lipinski definition) is 2. The van der Waals surface area contributed by atoms with E-state index >= 15 is 0 Å². The summed E-state index contributed by atoms with van der Waals surface area (Å²) < 4.78 is 4.61. The molecule has 388 valence electrons. The van der Waals surface area contributed by atoms with Crippen LogP contribution in [0.15, 0.2) is 188 Å². The van der Waals surface area contributed by atoms with Gasteiger partial charge in [0.1, 0.15) is 18.6 Å². The molecule has 2 heterocycles. The number of nitrogens with zero attached hydrogens (tertiary/aromatic N) is 3. The molecule has 77 heavy (non-hydrogen) atoms. The molecule has 0 fully saturated rings. The Balaban J connectivity index is 1.24. The van der Waals surface area contributed by atoms with Gasteiger partial charge in [0.05, 0.1) is 27.8 Å². The molecule has 0 amide bonds. The highest BCUT2D eigenvalue weighted by atomic mass is 16.3. The molecule has 0 radical (unpaired) electrons. The predicted octanol–water partition coefficient (Wildman–Crippen LogP) is 19.4. The Morgan fingerprint density at radius 1 is 0.442 bits per heavy atom. The Bertz CT molecular complexity index is 3770. The number of fused-ring (bicyclic) bond motifs is 1. The van der Waals surface area contributed by atoms with Gasteiger partial charge in [-0.15, -0.1) is 0 Å². The number of aryl methyl sites for hydroxylation is 1. The van der Waals surface area contributed by atoms with Gasteiger partial charge in [0.15, 0.2) is 6.20 Å². The van der Waals surface area contributed by atoms with Crippen LogP contribution in [0, 0.1) is 0 Å². The fourth-order valence-corrected chi connectivity index (χ4v) is 11.0. The zero-order valence-electron chi connectivity index (χ0n) is 47.8. The minimum absolute atomic E-state index is 0.165. The fourth-order valence-electron chi connectivity index (χ4n) is 11.0. The summed E-state index contributed by atoms with van der Waals surface area (Å²) in [6.45, 7) is 29.5. The number of phenols is 1. The van der Waals surface area contributed by atoms with Crippen LogP contribution in [0.25, 0.3) is 95.0 Å². The van der Waals surface area contributed by atoms with Crippen LogP contribution < -0.4 is 4.57 Å². The summed E-state index contributed by atoms with van der Waals surface area (Å²) in [5, 5.41) is 12.7. The molecule has 0 aliphatic heterocycles. The van der Waals surface area contributed by atoms with Gasteiger partial charge >= 0.3 is 0 Å². The van der Waals surface area contributed by atoms with Crippen LogP contribution in [0.2, 0.25) is 0 Å². The standard InChI is InChI=1S/C73H75N3O/c1-46(2)59-41-54(49-27-20-16-21-28-49)42-60(47(3)4)67(59)66-43-52(35-36-75(66)14)53-37-55(39-56(38-53)71(5,6)7)58-31-24-32-65-68(58)74-70(62-44-57(72(8,9)10)45-63(69(62)77)73(11,12)13)76(65)64-34-33-51(48-25-18-15-19-26-48)40-61(64)50-29-22-17-23-30-50/h15-47H,1-14H3/p+1. The monoisotopic (exact) mass is 1010 g/mol. The number of imidazole rings is 1. The summed E-state index contributed by atoms with van der Waals surface area (Å²) in [6, 6.07) is 66.5. The number of hydrogen-bond donors (Lipinski definition) is 1. The zero-order valence-corrected chi connectivity index (χ0v) is 47.8.